The van der Waals surface area contributed by atoms with Gasteiger partial charge in [0, 0.05) is 0 Å². The van der Waals surface area contributed by atoms with Crippen molar-refractivity contribution in [2.75, 3.05) is 0 Å². The first-order valence-electron chi connectivity index (χ1n) is 1.17. The van der Waals surface area contributed by atoms with Crippen molar-refractivity contribution in [1.82, 2.24) is 4.91 Å². The quantitative estimate of drug-likeness (QED) is 0.239. The standard InChI is InChI=1S/N3Te.N3/c1-2-4-3-1;1-3-2/q+1;-1. The van der Waals surface area contributed by atoms with Crippen LogP contribution in [0.3, 0.4) is 0 Å². The average molecular weight is 212 g/mol. The van der Waals surface area contributed by atoms with Crippen LogP contribution in [0.2, 0.25) is 0 Å². The Labute approximate surface area is 49.5 Å². The summed E-state index contributed by atoms with van der Waals surface area (Å²) in [5, 5.41) is 0. The number of hydrogen-bond donors (Lipinski definition) is 0. The third-order valence-corrected chi connectivity index (χ3v) is 0.980. The van der Waals surface area contributed by atoms with Crippen molar-refractivity contribution in [2.45, 2.75) is 0 Å². The monoisotopic (exact) mass is 214 g/mol. The third-order valence-electron chi connectivity index (χ3n) is 0.146. The summed E-state index contributed by atoms with van der Waals surface area (Å²) in [4.78, 5) is 4.72. The molecule has 0 aromatic heterocycles. The van der Waals surface area contributed by atoms with Gasteiger partial charge in [0.05, 0.1) is 0 Å². The Kier molecular flexibility index (Phi) is 4.95. The smallest absolute Gasteiger partial charge is 0.255 e. The van der Waals surface area contributed by atoms with Gasteiger partial charge in [-0.25, -0.2) is 0 Å². The van der Waals surface area contributed by atoms with E-state index in [0.717, 1.165) is 0 Å². The second-order valence-corrected chi connectivity index (χ2v) is 1.82. The zero-order valence-electron chi connectivity index (χ0n) is 3.09. The van der Waals surface area contributed by atoms with Crippen molar-refractivity contribution < 1.29 is 0 Å². The maximum Gasteiger partial charge on any atom is -0.255 e. The van der Waals surface area contributed by atoms with Gasteiger partial charge in [-0.1, -0.05) is 0 Å². The predicted molar refractivity (Wildman–Crippen MR) is 22.8 cm³/mol. The minimum absolute atomic E-state index is 0.254. The maximum absolute atomic E-state index is 6.75. The summed E-state index contributed by atoms with van der Waals surface area (Å²) in [6.45, 7) is 0. The Morgan fingerprint density at radius 2 is 1.57 bits per heavy atom. The van der Waals surface area contributed by atoms with Crippen molar-refractivity contribution in [1.29, 1.82) is 0 Å². The molecule has 0 aromatic carbocycles. The molecule has 1 heterocycles. The third kappa shape index (κ3) is 5.41. The molecule has 0 saturated heterocycles. The van der Waals surface area contributed by atoms with E-state index in [1.807, 2.05) is 0 Å². The van der Waals surface area contributed by atoms with Gasteiger partial charge in [0.1, 0.15) is 0 Å². The van der Waals surface area contributed by atoms with Gasteiger partial charge in [-0.3, -0.25) is 4.91 Å². The Bertz CT molecular complexity index is 115. The first-order chi connectivity index (χ1) is 3.41. The van der Waals surface area contributed by atoms with Crippen LogP contribution in [0.5, 0.6) is 0 Å². The minimum Gasteiger partial charge on any atom is -0.373 e. The van der Waals surface area contributed by atoms with Crippen LogP contribution < -0.4 is 4.91 Å². The molecule has 0 atom stereocenters. The second-order valence-electron chi connectivity index (χ2n) is 0.424. The summed E-state index contributed by atoms with van der Waals surface area (Å²) < 4.78 is 7.01. The number of rotatable bonds is 0. The molecule has 1 aliphatic rings. The first-order valence-corrected chi connectivity index (χ1v) is 3.25. The molecule has 0 bridgehead atoms. The molecule has 0 spiro atoms. The molecule has 0 amide bonds. The van der Waals surface area contributed by atoms with E-state index in [4.69, 9.17) is 11.1 Å². The largest absolute Gasteiger partial charge is 0.373 e. The van der Waals surface area contributed by atoms with E-state index in [9.17, 15) is 0 Å². The van der Waals surface area contributed by atoms with Crippen LogP contribution in [0, 0.1) is 0 Å². The van der Waals surface area contributed by atoms with Gasteiger partial charge < -0.3 is 11.1 Å². The molecular formula is N6Te. The van der Waals surface area contributed by atoms with Gasteiger partial charge in [-0.05, 0) is 0 Å². The number of hydrogen-bond acceptors (Lipinski definition) is 2. The van der Waals surface area contributed by atoms with Crippen molar-refractivity contribution in [2.24, 2.45) is 6.73 Å². The van der Waals surface area contributed by atoms with Crippen LogP contribution in [0.15, 0.2) is 6.73 Å². The zero-order valence-corrected chi connectivity index (χ0v) is 5.42. The van der Waals surface area contributed by atoms with E-state index in [2.05, 4.69) is 11.6 Å². The molecule has 0 aromatic rings. The Balaban J connectivity index is 0.000000110. The van der Waals surface area contributed by atoms with E-state index in [1.165, 1.54) is 4.91 Å². The van der Waals surface area contributed by atoms with Gasteiger partial charge >= 0.3 is 33.1 Å². The van der Waals surface area contributed by atoms with Gasteiger partial charge in [0.15, 0.2) is 0 Å². The van der Waals surface area contributed by atoms with Crippen LogP contribution in [0.1, 0.15) is 0 Å². The summed E-state index contributed by atoms with van der Waals surface area (Å²) in [6.07, 6.45) is 0. The van der Waals surface area contributed by atoms with Gasteiger partial charge in [0.25, 0.3) is 0 Å². The van der Waals surface area contributed by atoms with Crippen LogP contribution in [0.25, 0.3) is 16.0 Å². The molecule has 7 heavy (non-hydrogen) atoms. The van der Waals surface area contributed by atoms with Crippen LogP contribution in [-0.4, -0.2) is 21.5 Å². The topological polar surface area (TPSA) is 97.5 Å². The zero-order chi connectivity index (χ0) is 5.54. The SMILES string of the molecule is N1=[N+]=N[Te]1.[N-]=[N+]=[N-]. The predicted octanol–water partition coefficient (Wildman–Crippen LogP) is 0.372. The van der Waals surface area contributed by atoms with E-state index >= 15 is 0 Å². The van der Waals surface area contributed by atoms with E-state index < -0.39 is 0 Å². The fraction of sp³-hybridized carbons (Fsp3) is 0. The molecule has 0 fully saturated rings. The fourth-order valence-electron chi connectivity index (χ4n) is 0.0365. The maximum atomic E-state index is 6.75. The van der Waals surface area contributed by atoms with E-state index in [1.54, 1.807) is 0 Å². The molecule has 7 heteroatoms. The van der Waals surface area contributed by atoms with Gasteiger partial charge in [0.2, 0.25) is 0 Å². The molecule has 0 N–H and O–H groups in total. The average Bonchev–Trinajstić information content (AvgIpc) is 1.27. The molecule has 6 nitrogen and oxygen atoms in total. The first kappa shape index (κ1) is 6.41. The second kappa shape index (κ2) is 5.41. The minimum atomic E-state index is -0.254. The molecule has 0 unspecified atom stereocenters. The van der Waals surface area contributed by atoms with E-state index in [0.29, 0.717) is 0 Å². The summed E-state index contributed by atoms with van der Waals surface area (Å²) in [6, 6.07) is 0. The van der Waals surface area contributed by atoms with Crippen molar-refractivity contribution >= 4 is 21.5 Å². The Morgan fingerprint density at radius 1 is 1.43 bits per heavy atom. The molecule has 36 valence electrons. The Morgan fingerprint density at radius 3 is 1.57 bits per heavy atom. The normalized spacial score (nSPS) is 10.3. The van der Waals surface area contributed by atoms with Crippen molar-refractivity contribution in [3.63, 3.8) is 0 Å². The van der Waals surface area contributed by atoms with Crippen LogP contribution in [-0.2, 0) is 0 Å². The van der Waals surface area contributed by atoms with Gasteiger partial charge in [-0.2, -0.15) is 0 Å². The Hall–Kier alpha value is -0.590. The van der Waals surface area contributed by atoms with Crippen molar-refractivity contribution in [3.8, 4) is 0 Å². The summed E-state index contributed by atoms with van der Waals surface area (Å²) in [5.74, 6) is 0. The fourth-order valence-corrected chi connectivity index (χ4v) is 0.245. The summed E-state index contributed by atoms with van der Waals surface area (Å²) in [5.41, 5.74) is 13.5. The molecule has 1 rings (SSSR count). The number of nitrogens with zero attached hydrogens (tertiary/aromatic N) is 6. The molecule has 0 saturated carbocycles. The molecule has 0 radical (unpaired) electrons. The molecule has 1 aliphatic heterocycles. The van der Waals surface area contributed by atoms with Gasteiger partial charge in [-0.15, -0.1) is 0 Å². The molecular weight excluding hydrogens is 212 g/mol. The van der Waals surface area contributed by atoms with Crippen LogP contribution in [0.4, 0.5) is 0 Å². The van der Waals surface area contributed by atoms with Crippen molar-refractivity contribution in [3.05, 3.63) is 16.0 Å². The molecule has 0 aliphatic carbocycles. The summed E-state index contributed by atoms with van der Waals surface area (Å²) in [7, 11) is 0. The van der Waals surface area contributed by atoms with Crippen LogP contribution >= 0.6 is 0 Å². The summed E-state index contributed by atoms with van der Waals surface area (Å²) >= 11 is -0.254. The van der Waals surface area contributed by atoms with E-state index in [-0.39, 0.29) is 21.5 Å².